The van der Waals surface area contributed by atoms with E-state index in [0.29, 0.717) is 0 Å². The standard InChI is InChI=1S/C14H21NO/c1-4-15(5-2)14(12(3)16)11-13-9-7-6-8-10-13/h6-10,14H,4-5,11H2,1-3H3/t14-/m0/s1. The van der Waals surface area contributed by atoms with E-state index in [1.807, 2.05) is 18.2 Å². The molecule has 1 atom stereocenters. The van der Waals surface area contributed by atoms with Gasteiger partial charge in [-0.2, -0.15) is 0 Å². The normalized spacial score (nSPS) is 12.8. The third-order valence-electron chi connectivity index (χ3n) is 2.99. The first-order valence-corrected chi connectivity index (χ1v) is 5.97. The Bertz CT molecular complexity index is 317. The molecule has 0 saturated heterocycles. The van der Waals surface area contributed by atoms with Crippen LogP contribution in [-0.4, -0.2) is 29.8 Å². The Balaban J connectivity index is 2.76. The Morgan fingerprint density at radius 3 is 2.19 bits per heavy atom. The van der Waals surface area contributed by atoms with Crippen LogP contribution in [0.4, 0.5) is 0 Å². The number of rotatable bonds is 6. The molecular formula is C14H21NO. The molecule has 0 spiro atoms. The third kappa shape index (κ3) is 3.46. The highest BCUT2D eigenvalue weighted by Crippen LogP contribution is 2.09. The highest BCUT2D eigenvalue weighted by Gasteiger charge is 2.20. The van der Waals surface area contributed by atoms with E-state index in [1.165, 1.54) is 5.56 Å². The Morgan fingerprint density at radius 1 is 1.19 bits per heavy atom. The maximum Gasteiger partial charge on any atom is 0.147 e. The summed E-state index contributed by atoms with van der Waals surface area (Å²) in [7, 11) is 0. The number of Topliss-reactive ketones (excluding diaryl/α,β-unsaturated/α-hetero) is 1. The van der Waals surface area contributed by atoms with Crippen LogP contribution in [0.3, 0.4) is 0 Å². The van der Waals surface area contributed by atoms with Gasteiger partial charge in [0.15, 0.2) is 0 Å². The summed E-state index contributed by atoms with van der Waals surface area (Å²) >= 11 is 0. The van der Waals surface area contributed by atoms with Gasteiger partial charge < -0.3 is 0 Å². The summed E-state index contributed by atoms with van der Waals surface area (Å²) in [6.45, 7) is 7.74. The number of carbonyl (C=O) groups is 1. The minimum absolute atomic E-state index is 0.0254. The van der Waals surface area contributed by atoms with Gasteiger partial charge in [0.1, 0.15) is 5.78 Å². The van der Waals surface area contributed by atoms with E-state index in [0.717, 1.165) is 19.5 Å². The first-order valence-electron chi connectivity index (χ1n) is 5.97. The van der Waals surface area contributed by atoms with E-state index in [4.69, 9.17) is 0 Å². The zero-order chi connectivity index (χ0) is 12.0. The summed E-state index contributed by atoms with van der Waals surface area (Å²) in [5.74, 6) is 0.257. The molecule has 88 valence electrons. The van der Waals surface area contributed by atoms with Crippen LogP contribution < -0.4 is 0 Å². The topological polar surface area (TPSA) is 20.3 Å². The van der Waals surface area contributed by atoms with Crippen molar-refractivity contribution < 1.29 is 4.79 Å². The molecule has 0 unspecified atom stereocenters. The van der Waals surface area contributed by atoms with Crippen molar-refractivity contribution in [2.75, 3.05) is 13.1 Å². The fourth-order valence-electron chi connectivity index (χ4n) is 2.03. The van der Waals surface area contributed by atoms with Gasteiger partial charge in [0.05, 0.1) is 6.04 Å². The van der Waals surface area contributed by atoms with Crippen LogP contribution in [0.15, 0.2) is 30.3 Å². The molecular weight excluding hydrogens is 198 g/mol. The fourth-order valence-corrected chi connectivity index (χ4v) is 2.03. The maximum atomic E-state index is 11.7. The number of benzene rings is 1. The first-order chi connectivity index (χ1) is 7.69. The molecule has 0 bridgehead atoms. The minimum Gasteiger partial charge on any atom is -0.298 e. The van der Waals surface area contributed by atoms with Gasteiger partial charge in [0, 0.05) is 0 Å². The average molecular weight is 219 g/mol. The molecule has 2 heteroatoms. The number of ketones is 1. The fraction of sp³-hybridized carbons (Fsp3) is 0.500. The third-order valence-corrected chi connectivity index (χ3v) is 2.99. The van der Waals surface area contributed by atoms with Crippen LogP contribution in [0.5, 0.6) is 0 Å². The predicted molar refractivity (Wildman–Crippen MR) is 67.5 cm³/mol. The van der Waals surface area contributed by atoms with E-state index in [1.54, 1.807) is 6.92 Å². The summed E-state index contributed by atoms with van der Waals surface area (Å²) in [6.07, 6.45) is 0.817. The molecule has 0 saturated carbocycles. The molecule has 0 radical (unpaired) electrons. The first kappa shape index (κ1) is 12.9. The van der Waals surface area contributed by atoms with Crippen LogP contribution in [0.25, 0.3) is 0 Å². The van der Waals surface area contributed by atoms with Crippen LogP contribution >= 0.6 is 0 Å². The molecule has 0 N–H and O–H groups in total. The van der Waals surface area contributed by atoms with Crippen molar-refractivity contribution >= 4 is 5.78 Å². The number of likely N-dealkylation sites (N-methyl/N-ethyl adjacent to an activating group) is 1. The van der Waals surface area contributed by atoms with E-state index >= 15 is 0 Å². The van der Waals surface area contributed by atoms with Crippen molar-refractivity contribution in [3.8, 4) is 0 Å². The summed E-state index contributed by atoms with van der Waals surface area (Å²) in [5, 5.41) is 0. The van der Waals surface area contributed by atoms with Crippen molar-refractivity contribution in [2.45, 2.75) is 33.2 Å². The molecule has 0 aliphatic heterocycles. The number of hydrogen-bond donors (Lipinski definition) is 0. The molecule has 1 aromatic carbocycles. The van der Waals surface area contributed by atoms with Gasteiger partial charge in [-0.1, -0.05) is 44.2 Å². The average Bonchev–Trinajstić information content (AvgIpc) is 2.30. The number of nitrogens with zero attached hydrogens (tertiary/aromatic N) is 1. The minimum atomic E-state index is 0.0254. The molecule has 0 aromatic heterocycles. The molecule has 0 fully saturated rings. The summed E-state index contributed by atoms with van der Waals surface area (Å²) in [6, 6.07) is 10.2. The van der Waals surface area contributed by atoms with Crippen molar-refractivity contribution in [3.63, 3.8) is 0 Å². The van der Waals surface area contributed by atoms with Crippen molar-refractivity contribution in [1.82, 2.24) is 4.90 Å². The molecule has 1 aromatic rings. The SMILES string of the molecule is CCN(CC)[C@@H](Cc1ccccc1)C(C)=O. The Hall–Kier alpha value is -1.15. The number of hydrogen-bond acceptors (Lipinski definition) is 2. The maximum absolute atomic E-state index is 11.7. The lowest BCUT2D eigenvalue weighted by molar-refractivity contribution is -0.122. The predicted octanol–water partition coefficient (Wildman–Crippen LogP) is 2.53. The quantitative estimate of drug-likeness (QED) is 0.732. The molecule has 0 aliphatic carbocycles. The van der Waals surface area contributed by atoms with Gasteiger partial charge in [-0.25, -0.2) is 0 Å². The van der Waals surface area contributed by atoms with E-state index < -0.39 is 0 Å². The summed E-state index contributed by atoms with van der Waals surface area (Å²) in [5.41, 5.74) is 1.23. The van der Waals surface area contributed by atoms with Gasteiger partial charge in [-0.3, -0.25) is 9.69 Å². The van der Waals surface area contributed by atoms with Crippen molar-refractivity contribution in [3.05, 3.63) is 35.9 Å². The van der Waals surface area contributed by atoms with Crippen LogP contribution in [0.2, 0.25) is 0 Å². The zero-order valence-corrected chi connectivity index (χ0v) is 10.4. The lowest BCUT2D eigenvalue weighted by Gasteiger charge is -2.27. The lowest BCUT2D eigenvalue weighted by atomic mass is 10.0. The second kappa shape index (κ2) is 6.44. The van der Waals surface area contributed by atoms with Gasteiger partial charge >= 0.3 is 0 Å². The van der Waals surface area contributed by atoms with E-state index in [9.17, 15) is 4.79 Å². The van der Waals surface area contributed by atoms with Crippen molar-refractivity contribution in [1.29, 1.82) is 0 Å². The molecule has 2 nitrogen and oxygen atoms in total. The van der Waals surface area contributed by atoms with Crippen molar-refractivity contribution in [2.24, 2.45) is 0 Å². The van der Waals surface area contributed by atoms with Gasteiger partial charge in [-0.15, -0.1) is 0 Å². The largest absolute Gasteiger partial charge is 0.298 e. The highest BCUT2D eigenvalue weighted by atomic mass is 16.1. The van der Waals surface area contributed by atoms with E-state index in [2.05, 4.69) is 30.9 Å². The number of carbonyl (C=O) groups excluding carboxylic acids is 1. The summed E-state index contributed by atoms with van der Waals surface area (Å²) < 4.78 is 0. The zero-order valence-electron chi connectivity index (χ0n) is 10.4. The Labute approximate surface area is 98.3 Å². The molecule has 0 heterocycles. The smallest absolute Gasteiger partial charge is 0.147 e. The Morgan fingerprint density at radius 2 is 1.75 bits per heavy atom. The molecule has 1 rings (SSSR count). The highest BCUT2D eigenvalue weighted by molar-refractivity contribution is 5.81. The summed E-state index contributed by atoms with van der Waals surface area (Å²) in [4.78, 5) is 13.9. The second-order valence-electron chi connectivity index (χ2n) is 4.04. The second-order valence-corrected chi connectivity index (χ2v) is 4.04. The van der Waals surface area contributed by atoms with Gasteiger partial charge in [0.25, 0.3) is 0 Å². The van der Waals surface area contributed by atoms with Gasteiger partial charge in [0.2, 0.25) is 0 Å². The van der Waals surface area contributed by atoms with Gasteiger partial charge in [-0.05, 0) is 32.0 Å². The molecule has 0 aliphatic rings. The molecule has 16 heavy (non-hydrogen) atoms. The van der Waals surface area contributed by atoms with Crippen LogP contribution in [0, 0.1) is 0 Å². The van der Waals surface area contributed by atoms with Crippen LogP contribution in [0.1, 0.15) is 26.3 Å². The van der Waals surface area contributed by atoms with Crippen LogP contribution in [-0.2, 0) is 11.2 Å². The van der Waals surface area contributed by atoms with E-state index in [-0.39, 0.29) is 11.8 Å². The monoisotopic (exact) mass is 219 g/mol. The Kier molecular flexibility index (Phi) is 5.20. The molecule has 0 amide bonds. The lowest BCUT2D eigenvalue weighted by Crippen LogP contribution is -2.41.